The second-order valence-corrected chi connectivity index (χ2v) is 6.54. The fourth-order valence-electron chi connectivity index (χ4n) is 2.12. The molecule has 1 aliphatic heterocycles. The molecule has 0 atom stereocenters. The maximum absolute atomic E-state index is 13.2. The number of rotatable bonds is 4. The molecule has 1 heterocycles. The van der Waals surface area contributed by atoms with Crippen LogP contribution in [0.1, 0.15) is 22.8 Å². The lowest BCUT2D eigenvalue weighted by Gasteiger charge is -2.24. The number of hydrogen-bond acceptors (Lipinski definition) is 4. The van der Waals surface area contributed by atoms with Crippen molar-refractivity contribution in [1.82, 2.24) is 4.90 Å². The van der Waals surface area contributed by atoms with Gasteiger partial charge in [0.1, 0.15) is 0 Å². The molecule has 0 spiro atoms. The van der Waals surface area contributed by atoms with Crippen LogP contribution in [0.2, 0.25) is 5.02 Å². The van der Waals surface area contributed by atoms with E-state index in [2.05, 4.69) is 4.99 Å². The quantitative estimate of drug-likeness (QED) is 0.445. The molecule has 0 N–H and O–H groups in total. The minimum Gasteiger partial charge on any atom is -0.462 e. The van der Waals surface area contributed by atoms with Crippen molar-refractivity contribution in [3.8, 4) is 0 Å². The molecule has 0 aliphatic carbocycles. The number of ether oxygens (including phenoxy) is 1. The number of aliphatic imine (C=N–C) groups is 1. The van der Waals surface area contributed by atoms with Gasteiger partial charge in [0.2, 0.25) is 0 Å². The summed E-state index contributed by atoms with van der Waals surface area (Å²) in [6, 6.07) is 1.82. The summed E-state index contributed by atoms with van der Waals surface area (Å²) in [4.78, 5) is 17.6. The van der Waals surface area contributed by atoms with Crippen molar-refractivity contribution in [3.63, 3.8) is 0 Å². The van der Waals surface area contributed by atoms with Crippen LogP contribution in [0, 0.1) is 0 Å². The first kappa shape index (κ1) is 18.9. The molecule has 0 aromatic heterocycles. The van der Waals surface area contributed by atoms with E-state index in [-0.39, 0.29) is 17.2 Å². The summed E-state index contributed by atoms with van der Waals surface area (Å²) in [7, 11) is 0. The highest BCUT2D eigenvalue weighted by molar-refractivity contribution is 7.99. The number of esters is 1. The Kier molecular flexibility index (Phi) is 6.40. The van der Waals surface area contributed by atoms with E-state index in [4.69, 9.17) is 16.3 Å². The number of carbonyl (C=O) groups is 1. The molecular formula is C15H16ClF3N2O2S. The fraction of sp³-hybridized carbons (Fsp3) is 0.467. The van der Waals surface area contributed by atoms with Gasteiger partial charge in [0.15, 0.2) is 0 Å². The van der Waals surface area contributed by atoms with E-state index in [1.54, 1.807) is 18.7 Å². The van der Waals surface area contributed by atoms with Crippen LogP contribution in [-0.2, 0) is 10.9 Å². The lowest BCUT2D eigenvalue weighted by molar-refractivity contribution is -0.137. The van der Waals surface area contributed by atoms with Gasteiger partial charge in [-0.25, -0.2) is 9.79 Å². The molecule has 1 aliphatic rings. The maximum Gasteiger partial charge on any atom is 0.418 e. The Bertz CT molecular complexity index is 632. The van der Waals surface area contributed by atoms with Crippen LogP contribution in [0.5, 0.6) is 0 Å². The second-order valence-electron chi connectivity index (χ2n) is 4.93. The zero-order chi connectivity index (χ0) is 17.7. The van der Waals surface area contributed by atoms with Gasteiger partial charge in [-0.15, -0.1) is 0 Å². The van der Waals surface area contributed by atoms with Crippen LogP contribution in [0.3, 0.4) is 0 Å². The fourth-order valence-corrected chi connectivity index (χ4v) is 3.34. The average molecular weight is 381 g/mol. The molecule has 0 unspecified atom stereocenters. The van der Waals surface area contributed by atoms with Crippen LogP contribution in [-0.4, -0.2) is 48.4 Å². The predicted molar refractivity (Wildman–Crippen MR) is 89.5 cm³/mol. The van der Waals surface area contributed by atoms with Gasteiger partial charge in [-0.1, -0.05) is 11.6 Å². The summed E-state index contributed by atoms with van der Waals surface area (Å²) in [5.74, 6) is 0.991. The van der Waals surface area contributed by atoms with Gasteiger partial charge in [0, 0.05) is 24.6 Å². The number of carbonyl (C=O) groups excluding carboxylic acids is 1. The van der Waals surface area contributed by atoms with E-state index in [1.165, 1.54) is 6.34 Å². The number of halogens is 4. The molecule has 1 fully saturated rings. The van der Waals surface area contributed by atoms with Gasteiger partial charge < -0.3 is 9.64 Å². The van der Waals surface area contributed by atoms with Crippen molar-refractivity contribution >= 4 is 41.4 Å². The van der Waals surface area contributed by atoms with Crippen LogP contribution in [0.4, 0.5) is 18.9 Å². The van der Waals surface area contributed by atoms with Gasteiger partial charge in [0.05, 0.1) is 34.8 Å². The number of nitrogens with zero attached hydrogens (tertiary/aromatic N) is 2. The molecule has 1 aromatic rings. The van der Waals surface area contributed by atoms with Gasteiger partial charge in [-0.3, -0.25) is 0 Å². The molecule has 1 aromatic carbocycles. The van der Waals surface area contributed by atoms with Gasteiger partial charge in [-0.05, 0) is 19.1 Å². The summed E-state index contributed by atoms with van der Waals surface area (Å²) in [6.07, 6.45) is -3.27. The summed E-state index contributed by atoms with van der Waals surface area (Å²) in [5, 5.41) is -0.356. The first-order chi connectivity index (χ1) is 11.3. The van der Waals surface area contributed by atoms with E-state index in [0.717, 1.165) is 23.6 Å². The number of thioether (sulfide) groups is 1. The van der Waals surface area contributed by atoms with Crippen LogP contribution >= 0.6 is 23.4 Å². The molecule has 4 nitrogen and oxygen atoms in total. The normalized spacial score (nSPS) is 15.8. The minimum absolute atomic E-state index is 0.0975. The number of benzene rings is 1. The van der Waals surface area contributed by atoms with Crippen molar-refractivity contribution in [3.05, 3.63) is 28.3 Å². The standard InChI is InChI=1S/C15H16ClF3N2O2S/c1-2-23-14(22)10-3-4-11(15(17,18)19)13(12(10)16)20-9-21-5-7-24-8-6-21/h3-4,9H,2,5-8H2,1H3/b20-9+. The Labute approximate surface area is 147 Å². The molecule has 9 heteroatoms. The first-order valence-electron chi connectivity index (χ1n) is 7.27. The van der Waals surface area contributed by atoms with E-state index in [0.29, 0.717) is 13.1 Å². The monoisotopic (exact) mass is 380 g/mol. The summed E-state index contributed by atoms with van der Waals surface area (Å²) in [6.45, 7) is 3.10. The summed E-state index contributed by atoms with van der Waals surface area (Å²) >= 11 is 7.80. The highest BCUT2D eigenvalue weighted by Crippen LogP contribution is 2.42. The molecular weight excluding hydrogens is 365 g/mol. The lowest BCUT2D eigenvalue weighted by atomic mass is 10.1. The van der Waals surface area contributed by atoms with Crippen molar-refractivity contribution in [2.24, 2.45) is 4.99 Å². The third-order valence-electron chi connectivity index (χ3n) is 3.31. The number of alkyl halides is 3. The first-order valence-corrected chi connectivity index (χ1v) is 8.80. The van der Waals surface area contributed by atoms with E-state index in [9.17, 15) is 18.0 Å². The predicted octanol–water partition coefficient (Wildman–Crippen LogP) is 4.24. The second kappa shape index (κ2) is 8.11. The zero-order valence-corrected chi connectivity index (χ0v) is 14.5. The molecule has 0 amide bonds. The van der Waals surface area contributed by atoms with E-state index < -0.39 is 23.4 Å². The van der Waals surface area contributed by atoms with Crippen LogP contribution < -0.4 is 0 Å². The average Bonchev–Trinajstić information content (AvgIpc) is 2.53. The van der Waals surface area contributed by atoms with Crippen molar-refractivity contribution < 1.29 is 22.7 Å². The highest BCUT2D eigenvalue weighted by atomic mass is 35.5. The molecule has 0 bridgehead atoms. The van der Waals surface area contributed by atoms with Crippen molar-refractivity contribution in [2.75, 3.05) is 31.2 Å². The molecule has 24 heavy (non-hydrogen) atoms. The zero-order valence-electron chi connectivity index (χ0n) is 12.9. The lowest BCUT2D eigenvalue weighted by Crippen LogP contribution is -2.31. The molecule has 1 saturated heterocycles. The Hall–Kier alpha value is -1.41. The largest absolute Gasteiger partial charge is 0.462 e. The van der Waals surface area contributed by atoms with E-state index >= 15 is 0 Å². The number of hydrogen-bond donors (Lipinski definition) is 0. The van der Waals surface area contributed by atoms with Crippen LogP contribution in [0.25, 0.3) is 0 Å². The Morgan fingerprint density at radius 3 is 2.67 bits per heavy atom. The Balaban J connectivity index is 2.42. The molecule has 132 valence electrons. The van der Waals surface area contributed by atoms with Gasteiger partial charge >= 0.3 is 12.1 Å². The minimum atomic E-state index is -4.62. The van der Waals surface area contributed by atoms with Crippen molar-refractivity contribution in [1.29, 1.82) is 0 Å². The molecule has 0 radical (unpaired) electrons. The smallest absolute Gasteiger partial charge is 0.418 e. The SMILES string of the molecule is CCOC(=O)c1ccc(C(F)(F)F)c(/N=C/N2CCSCC2)c1Cl. The van der Waals surface area contributed by atoms with E-state index in [1.807, 2.05) is 4.90 Å². The Morgan fingerprint density at radius 2 is 2.08 bits per heavy atom. The molecule has 0 saturated carbocycles. The van der Waals surface area contributed by atoms with Gasteiger partial charge in [0.25, 0.3) is 0 Å². The molecule has 2 rings (SSSR count). The van der Waals surface area contributed by atoms with Crippen LogP contribution in [0.15, 0.2) is 17.1 Å². The highest BCUT2D eigenvalue weighted by Gasteiger charge is 2.35. The topological polar surface area (TPSA) is 41.9 Å². The third kappa shape index (κ3) is 4.57. The van der Waals surface area contributed by atoms with Crippen molar-refractivity contribution in [2.45, 2.75) is 13.1 Å². The summed E-state index contributed by atoms with van der Waals surface area (Å²) in [5.41, 5.74) is -1.58. The summed E-state index contributed by atoms with van der Waals surface area (Å²) < 4.78 is 44.4. The third-order valence-corrected chi connectivity index (χ3v) is 4.64. The Morgan fingerprint density at radius 1 is 1.42 bits per heavy atom. The van der Waals surface area contributed by atoms with Gasteiger partial charge in [-0.2, -0.15) is 24.9 Å². The maximum atomic E-state index is 13.2.